The Kier molecular flexibility index (Phi) is 6.51. The van der Waals surface area contributed by atoms with Gasteiger partial charge in [0.05, 0.1) is 0 Å². The predicted molar refractivity (Wildman–Crippen MR) is 106 cm³/mol. The van der Waals surface area contributed by atoms with Crippen LogP contribution in [-0.2, 0) is 6.54 Å². The van der Waals surface area contributed by atoms with E-state index in [-0.39, 0.29) is 6.03 Å². The number of carbonyl (C=O) groups is 1. The Balaban J connectivity index is 1.49. The highest BCUT2D eigenvalue weighted by atomic mass is 16.2. The average Bonchev–Trinajstić information content (AvgIpc) is 3.39. The zero-order valence-corrected chi connectivity index (χ0v) is 16.3. The van der Waals surface area contributed by atoms with Crippen molar-refractivity contribution in [2.45, 2.75) is 51.7 Å². The van der Waals surface area contributed by atoms with Crippen molar-refractivity contribution >= 4 is 11.7 Å². The van der Waals surface area contributed by atoms with Crippen molar-refractivity contribution in [1.82, 2.24) is 20.7 Å². The molecule has 26 heavy (non-hydrogen) atoms. The number of benzene rings is 1. The van der Waals surface area contributed by atoms with Crippen molar-refractivity contribution in [3.8, 4) is 0 Å². The van der Waals surface area contributed by atoms with E-state index in [2.05, 4.69) is 47.0 Å². The summed E-state index contributed by atoms with van der Waals surface area (Å²) in [6.45, 7) is 8.02. The van der Waals surface area contributed by atoms with E-state index in [1.165, 1.54) is 18.4 Å². The molecule has 2 aliphatic rings. The molecule has 0 radical (unpaired) electrons. The van der Waals surface area contributed by atoms with Crippen molar-refractivity contribution in [1.29, 1.82) is 0 Å². The Morgan fingerprint density at radius 2 is 2.00 bits per heavy atom. The van der Waals surface area contributed by atoms with Crippen LogP contribution in [0.1, 0.15) is 38.7 Å². The number of nitrogens with one attached hydrogen (secondary N) is 3. The predicted octanol–water partition coefficient (Wildman–Crippen LogP) is 2.64. The normalized spacial score (nSPS) is 22.6. The summed E-state index contributed by atoms with van der Waals surface area (Å²) >= 11 is 0. The summed E-state index contributed by atoms with van der Waals surface area (Å²) in [6.07, 6.45) is 3.78. The first kappa shape index (κ1) is 19.1. The molecule has 6 heteroatoms. The molecule has 0 spiro atoms. The molecular formula is C20H33N5O. The van der Waals surface area contributed by atoms with Gasteiger partial charge in [-0.1, -0.05) is 26.0 Å². The van der Waals surface area contributed by atoms with Crippen LogP contribution in [0.2, 0.25) is 0 Å². The van der Waals surface area contributed by atoms with Gasteiger partial charge in [-0.15, -0.1) is 0 Å². The number of hydrazine groups is 1. The maximum absolute atomic E-state index is 12.5. The summed E-state index contributed by atoms with van der Waals surface area (Å²) in [5.41, 5.74) is 8.82. The molecule has 2 amide bonds. The van der Waals surface area contributed by atoms with E-state index in [9.17, 15) is 4.79 Å². The zero-order valence-electron chi connectivity index (χ0n) is 16.3. The molecule has 1 saturated heterocycles. The van der Waals surface area contributed by atoms with Crippen molar-refractivity contribution in [2.24, 2.45) is 5.92 Å². The number of carbonyl (C=O) groups excluding carboxylic acids is 1. The van der Waals surface area contributed by atoms with Gasteiger partial charge in [0.2, 0.25) is 0 Å². The fourth-order valence-corrected chi connectivity index (χ4v) is 3.66. The summed E-state index contributed by atoms with van der Waals surface area (Å²) in [4.78, 5) is 16.7. The van der Waals surface area contributed by atoms with Gasteiger partial charge >= 0.3 is 6.03 Å². The Morgan fingerprint density at radius 3 is 2.69 bits per heavy atom. The van der Waals surface area contributed by atoms with Crippen LogP contribution < -0.4 is 16.2 Å². The van der Waals surface area contributed by atoms with Crippen molar-refractivity contribution < 1.29 is 4.79 Å². The van der Waals surface area contributed by atoms with Gasteiger partial charge in [-0.25, -0.2) is 4.79 Å². The number of hydrogen-bond donors (Lipinski definition) is 3. The number of urea groups is 1. The van der Waals surface area contributed by atoms with E-state index in [1.807, 2.05) is 19.2 Å². The lowest BCUT2D eigenvalue weighted by atomic mass is 10.1. The molecular weight excluding hydrogens is 326 g/mol. The summed E-state index contributed by atoms with van der Waals surface area (Å²) < 4.78 is 0. The molecule has 1 aliphatic carbocycles. The molecule has 1 aliphatic heterocycles. The minimum atomic E-state index is -0.0540. The minimum Gasteiger partial charge on any atom is -0.326 e. The number of amides is 2. The zero-order chi connectivity index (χ0) is 18.5. The number of likely N-dealkylation sites (N-methyl/N-ethyl adjacent to an activating group) is 1. The van der Waals surface area contributed by atoms with Crippen molar-refractivity contribution in [3.05, 3.63) is 29.8 Å². The molecule has 3 N–H and O–H groups in total. The molecule has 2 unspecified atom stereocenters. The molecule has 1 saturated carbocycles. The largest absolute Gasteiger partial charge is 0.326 e. The van der Waals surface area contributed by atoms with Crippen molar-refractivity contribution in [3.63, 3.8) is 0 Å². The Labute approximate surface area is 157 Å². The molecule has 1 heterocycles. The minimum absolute atomic E-state index is 0.0540. The van der Waals surface area contributed by atoms with Crippen LogP contribution in [0.3, 0.4) is 0 Å². The monoisotopic (exact) mass is 359 g/mol. The number of hydrogen-bond acceptors (Lipinski definition) is 4. The molecule has 144 valence electrons. The van der Waals surface area contributed by atoms with E-state index in [4.69, 9.17) is 0 Å². The number of rotatable bonds is 8. The molecule has 1 aromatic carbocycles. The van der Waals surface area contributed by atoms with Gasteiger partial charge in [0.15, 0.2) is 0 Å². The lowest BCUT2D eigenvalue weighted by Gasteiger charge is -2.22. The third-order valence-electron chi connectivity index (χ3n) is 5.52. The Hall–Kier alpha value is -1.63. The molecule has 3 rings (SSSR count). The van der Waals surface area contributed by atoms with Gasteiger partial charge in [-0.3, -0.25) is 15.8 Å². The third-order valence-corrected chi connectivity index (χ3v) is 5.52. The smallest absolute Gasteiger partial charge is 0.321 e. The highest BCUT2D eigenvalue weighted by Gasteiger charge is 2.36. The van der Waals surface area contributed by atoms with Gasteiger partial charge in [0, 0.05) is 37.9 Å². The first-order valence-electron chi connectivity index (χ1n) is 9.93. The highest BCUT2D eigenvalue weighted by Crippen LogP contribution is 2.35. The second-order valence-corrected chi connectivity index (χ2v) is 7.64. The molecule has 0 bridgehead atoms. The van der Waals surface area contributed by atoms with E-state index in [1.54, 1.807) is 4.90 Å². The van der Waals surface area contributed by atoms with Gasteiger partial charge in [-0.2, -0.15) is 0 Å². The topological polar surface area (TPSA) is 59.6 Å². The van der Waals surface area contributed by atoms with E-state index < -0.39 is 0 Å². The van der Waals surface area contributed by atoms with E-state index >= 15 is 0 Å². The number of nitrogens with zero attached hydrogens (tertiary/aromatic N) is 2. The van der Waals surface area contributed by atoms with Crippen LogP contribution in [0.5, 0.6) is 0 Å². The Bertz CT molecular complexity index is 600. The first-order valence-corrected chi connectivity index (χ1v) is 9.93. The second kappa shape index (κ2) is 8.84. The lowest BCUT2D eigenvalue weighted by Crippen LogP contribution is -2.43. The number of anilines is 1. The fraction of sp³-hybridized carbons (Fsp3) is 0.650. The van der Waals surface area contributed by atoms with Gasteiger partial charge in [0.25, 0.3) is 0 Å². The molecule has 2 atom stereocenters. The maximum Gasteiger partial charge on any atom is 0.321 e. The van der Waals surface area contributed by atoms with Crippen LogP contribution in [0.25, 0.3) is 0 Å². The summed E-state index contributed by atoms with van der Waals surface area (Å²) in [6, 6.07) is 9.00. The van der Waals surface area contributed by atoms with E-state index in [0.717, 1.165) is 37.7 Å². The van der Waals surface area contributed by atoms with Crippen LogP contribution in [-0.4, -0.2) is 54.6 Å². The van der Waals surface area contributed by atoms with Crippen LogP contribution in [0.15, 0.2) is 24.3 Å². The van der Waals surface area contributed by atoms with E-state index in [0.29, 0.717) is 18.6 Å². The highest BCUT2D eigenvalue weighted by molar-refractivity contribution is 5.89. The maximum atomic E-state index is 12.5. The van der Waals surface area contributed by atoms with Gasteiger partial charge in [0.1, 0.15) is 0 Å². The fourth-order valence-electron chi connectivity index (χ4n) is 3.66. The summed E-state index contributed by atoms with van der Waals surface area (Å²) in [5.74, 6) is 0.833. The quantitative estimate of drug-likeness (QED) is 0.668. The summed E-state index contributed by atoms with van der Waals surface area (Å²) in [5, 5.41) is 3.03. The SMILES string of the molecule is CCN(CC)Cc1cccc(NC(=O)N(C)CC2CC(C3CC3)NN2)c1. The molecule has 0 aromatic heterocycles. The molecule has 6 nitrogen and oxygen atoms in total. The molecule has 1 aromatic rings. The van der Waals surface area contributed by atoms with Gasteiger partial charge < -0.3 is 10.2 Å². The second-order valence-electron chi connectivity index (χ2n) is 7.64. The average molecular weight is 360 g/mol. The lowest BCUT2D eigenvalue weighted by molar-refractivity contribution is 0.217. The van der Waals surface area contributed by atoms with Gasteiger partial charge in [-0.05, 0) is 56.0 Å². The Morgan fingerprint density at radius 1 is 1.23 bits per heavy atom. The van der Waals surface area contributed by atoms with Crippen LogP contribution in [0.4, 0.5) is 10.5 Å². The standard InChI is InChI=1S/C20H33N5O/c1-4-25(5-2)13-15-7-6-8-17(11-15)21-20(26)24(3)14-18-12-19(23-22-18)16-9-10-16/h6-8,11,16,18-19,22-23H,4-5,9-10,12-14H2,1-3H3,(H,21,26). The first-order chi connectivity index (χ1) is 12.6. The third kappa shape index (κ3) is 5.19. The van der Waals surface area contributed by atoms with Crippen LogP contribution in [0, 0.1) is 5.92 Å². The van der Waals surface area contributed by atoms with Crippen LogP contribution >= 0.6 is 0 Å². The summed E-state index contributed by atoms with van der Waals surface area (Å²) in [7, 11) is 1.86. The van der Waals surface area contributed by atoms with Crippen molar-refractivity contribution in [2.75, 3.05) is 32.0 Å². The molecule has 2 fully saturated rings.